The van der Waals surface area contributed by atoms with Gasteiger partial charge in [0.05, 0.1) is 18.1 Å². The number of esters is 1. The quantitative estimate of drug-likeness (QED) is 0.769. The Morgan fingerprint density at radius 3 is 2.46 bits per heavy atom. The lowest BCUT2D eigenvalue weighted by atomic mass is 10.1. The van der Waals surface area contributed by atoms with Gasteiger partial charge in [-0.15, -0.1) is 0 Å². The Kier molecular flexibility index (Phi) is 5.47. The number of carbonyl (C=O) groups is 2. The van der Waals surface area contributed by atoms with Crippen LogP contribution in [0.4, 0.5) is 5.69 Å². The summed E-state index contributed by atoms with van der Waals surface area (Å²) in [4.78, 5) is 25.0. The van der Waals surface area contributed by atoms with E-state index in [0.717, 1.165) is 6.42 Å². The fourth-order valence-electron chi connectivity index (χ4n) is 2.71. The maximum absolute atomic E-state index is 12.8. The molecular weight excluding hydrogens is 354 g/mol. The third-order valence-electron chi connectivity index (χ3n) is 4.41. The second-order valence-corrected chi connectivity index (χ2v) is 6.79. The number of methoxy groups -OCH3 is 1. The zero-order valence-corrected chi connectivity index (χ0v) is 15.3. The molecule has 0 saturated heterocycles. The normalized spacial score (nSPS) is 19.3. The van der Waals surface area contributed by atoms with E-state index in [1.54, 1.807) is 42.5 Å². The highest BCUT2D eigenvalue weighted by atomic mass is 35.5. The smallest absolute Gasteiger partial charge is 0.310 e. The molecule has 3 atom stereocenters. The molecule has 5 nitrogen and oxygen atoms in total. The monoisotopic (exact) mass is 373 g/mol. The highest BCUT2D eigenvalue weighted by Gasteiger charge is 2.42. The van der Waals surface area contributed by atoms with Gasteiger partial charge in [-0.2, -0.15) is 0 Å². The second kappa shape index (κ2) is 7.79. The lowest BCUT2D eigenvalue weighted by Gasteiger charge is -2.18. The Morgan fingerprint density at radius 1 is 1.19 bits per heavy atom. The van der Waals surface area contributed by atoms with Crippen molar-refractivity contribution in [3.63, 3.8) is 0 Å². The van der Waals surface area contributed by atoms with E-state index in [1.807, 2.05) is 13.0 Å². The Hall–Kier alpha value is -2.53. The SMILES string of the molecule is COc1ccc(NC(=O)[C@@H](OC(=O)[C@@H]2C[C@H]2C)c2ccccc2)cc1Cl. The van der Waals surface area contributed by atoms with Crippen LogP contribution in [0.5, 0.6) is 5.75 Å². The molecule has 1 amide bonds. The number of halogens is 1. The molecule has 0 aromatic heterocycles. The average Bonchev–Trinajstić information content (AvgIpc) is 3.37. The molecule has 0 bridgehead atoms. The maximum atomic E-state index is 12.8. The van der Waals surface area contributed by atoms with Crippen LogP contribution in [0.1, 0.15) is 25.0 Å². The molecule has 0 radical (unpaired) electrons. The summed E-state index contributed by atoms with van der Waals surface area (Å²) in [5.74, 6) is -0.0707. The molecular formula is C20H20ClNO4. The van der Waals surface area contributed by atoms with Crippen LogP contribution in [0.15, 0.2) is 48.5 Å². The number of amides is 1. The molecule has 2 aromatic carbocycles. The van der Waals surface area contributed by atoms with Crippen LogP contribution in [0.3, 0.4) is 0 Å². The summed E-state index contributed by atoms with van der Waals surface area (Å²) in [5, 5.41) is 3.13. The van der Waals surface area contributed by atoms with Crippen LogP contribution in [-0.4, -0.2) is 19.0 Å². The van der Waals surface area contributed by atoms with Crippen molar-refractivity contribution in [1.29, 1.82) is 0 Å². The van der Waals surface area contributed by atoms with Crippen molar-refractivity contribution in [3.05, 3.63) is 59.1 Å². The van der Waals surface area contributed by atoms with Crippen molar-refractivity contribution in [1.82, 2.24) is 0 Å². The van der Waals surface area contributed by atoms with Gasteiger partial charge in [0.2, 0.25) is 6.10 Å². The first-order chi connectivity index (χ1) is 12.5. The number of hydrogen-bond donors (Lipinski definition) is 1. The van der Waals surface area contributed by atoms with Gasteiger partial charge in [0.1, 0.15) is 5.75 Å². The zero-order valence-electron chi connectivity index (χ0n) is 14.6. The number of nitrogens with one attached hydrogen (secondary N) is 1. The molecule has 26 heavy (non-hydrogen) atoms. The van der Waals surface area contributed by atoms with Gasteiger partial charge in [-0.05, 0) is 30.5 Å². The molecule has 0 unspecified atom stereocenters. The fourth-order valence-corrected chi connectivity index (χ4v) is 2.96. The van der Waals surface area contributed by atoms with Crippen molar-refractivity contribution in [2.24, 2.45) is 11.8 Å². The molecule has 1 fully saturated rings. The van der Waals surface area contributed by atoms with Crippen molar-refractivity contribution in [3.8, 4) is 5.75 Å². The van der Waals surface area contributed by atoms with Gasteiger partial charge < -0.3 is 14.8 Å². The summed E-state index contributed by atoms with van der Waals surface area (Å²) in [6.45, 7) is 1.99. The van der Waals surface area contributed by atoms with Crippen LogP contribution < -0.4 is 10.1 Å². The van der Waals surface area contributed by atoms with E-state index in [2.05, 4.69) is 5.32 Å². The number of carbonyl (C=O) groups excluding carboxylic acids is 2. The topological polar surface area (TPSA) is 64.6 Å². The molecule has 0 aliphatic heterocycles. The first kappa shape index (κ1) is 18.3. The summed E-state index contributed by atoms with van der Waals surface area (Å²) in [6.07, 6.45) is -0.215. The van der Waals surface area contributed by atoms with Gasteiger partial charge >= 0.3 is 5.97 Å². The lowest BCUT2D eigenvalue weighted by Crippen LogP contribution is -2.26. The minimum atomic E-state index is -1.02. The van der Waals surface area contributed by atoms with Gasteiger partial charge in [-0.3, -0.25) is 9.59 Å². The summed E-state index contributed by atoms with van der Waals surface area (Å²) in [7, 11) is 1.52. The largest absolute Gasteiger partial charge is 0.495 e. The minimum absolute atomic E-state index is 0.121. The first-order valence-corrected chi connectivity index (χ1v) is 8.77. The Labute approximate surface area is 157 Å². The number of benzene rings is 2. The molecule has 1 saturated carbocycles. The third kappa shape index (κ3) is 4.17. The molecule has 0 heterocycles. The van der Waals surface area contributed by atoms with Gasteiger partial charge in [0, 0.05) is 11.3 Å². The molecule has 0 spiro atoms. The number of hydrogen-bond acceptors (Lipinski definition) is 4. The first-order valence-electron chi connectivity index (χ1n) is 8.39. The van der Waals surface area contributed by atoms with Crippen LogP contribution in [0, 0.1) is 11.8 Å². The van der Waals surface area contributed by atoms with Gasteiger partial charge in [0.25, 0.3) is 5.91 Å². The summed E-state index contributed by atoms with van der Waals surface area (Å²) in [5.41, 5.74) is 1.11. The van der Waals surface area contributed by atoms with Crippen LogP contribution >= 0.6 is 11.6 Å². The van der Waals surface area contributed by atoms with Crippen molar-refractivity contribution >= 4 is 29.2 Å². The van der Waals surface area contributed by atoms with Crippen molar-refractivity contribution < 1.29 is 19.1 Å². The average molecular weight is 374 g/mol. The predicted molar refractivity (Wildman–Crippen MR) is 99.2 cm³/mol. The van der Waals surface area contributed by atoms with Crippen molar-refractivity contribution in [2.75, 3.05) is 12.4 Å². The van der Waals surface area contributed by atoms with Crippen LogP contribution in [-0.2, 0) is 14.3 Å². The van der Waals surface area contributed by atoms with Gasteiger partial charge in [-0.1, -0.05) is 48.9 Å². The van der Waals surface area contributed by atoms with E-state index in [0.29, 0.717) is 27.9 Å². The van der Waals surface area contributed by atoms with E-state index in [1.165, 1.54) is 7.11 Å². The van der Waals surface area contributed by atoms with Crippen molar-refractivity contribution in [2.45, 2.75) is 19.4 Å². The molecule has 1 aliphatic rings. The van der Waals surface area contributed by atoms with Gasteiger partial charge in [0.15, 0.2) is 0 Å². The number of rotatable bonds is 6. The molecule has 1 N–H and O–H groups in total. The summed E-state index contributed by atoms with van der Waals surface area (Å²) < 4.78 is 10.6. The predicted octanol–water partition coefficient (Wildman–Crippen LogP) is 4.23. The van der Waals surface area contributed by atoms with E-state index < -0.39 is 12.0 Å². The highest BCUT2D eigenvalue weighted by molar-refractivity contribution is 6.32. The second-order valence-electron chi connectivity index (χ2n) is 6.39. The van der Waals surface area contributed by atoms with Crippen LogP contribution in [0.2, 0.25) is 5.02 Å². The Bertz CT molecular complexity index is 809. The zero-order chi connectivity index (χ0) is 18.7. The van der Waals surface area contributed by atoms with Gasteiger partial charge in [-0.25, -0.2) is 0 Å². The minimum Gasteiger partial charge on any atom is -0.495 e. The summed E-state index contributed by atoms with van der Waals surface area (Å²) in [6, 6.07) is 13.9. The number of anilines is 1. The molecule has 2 aromatic rings. The molecule has 6 heteroatoms. The van der Waals surface area contributed by atoms with E-state index in [-0.39, 0.29) is 11.9 Å². The van der Waals surface area contributed by atoms with E-state index >= 15 is 0 Å². The maximum Gasteiger partial charge on any atom is 0.310 e. The molecule has 3 rings (SSSR count). The highest BCUT2D eigenvalue weighted by Crippen LogP contribution is 2.40. The van der Waals surface area contributed by atoms with Crippen LogP contribution in [0.25, 0.3) is 0 Å². The number of ether oxygens (including phenoxy) is 2. The lowest BCUT2D eigenvalue weighted by molar-refractivity contribution is -0.156. The Balaban J connectivity index is 1.78. The fraction of sp³-hybridized carbons (Fsp3) is 0.300. The molecule has 136 valence electrons. The third-order valence-corrected chi connectivity index (χ3v) is 4.70. The van der Waals surface area contributed by atoms with E-state index in [4.69, 9.17) is 21.1 Å². The molecule has 1 aliphatic carbocycles. The summed E-state index contributed by atoms with van der Waals surface area (Å²) >= 11 is 6.10. The van der Waals surface area contributed by atoms with E-state index in [9.17, 15) is 9.59 Å². The standard InChI is InChI=1S/C20H20ClNO4/c1-12-10-15(12)20(24)26-18(13-6-4-3-5-7-13)19(23)22-14-8-9-17(25-2)16(21)11-14/h3-9,11-12,15,18H,10H2,1-2H3,(H,22,23)/t12-,15-,18+/m1/s1. The Morgan fingerprint density at radius 2 is 1.88 bits per heavy atom.